The van der Waals surface area contributed by atoms with Gasteiger partial charge in [-0.25, -0.2) is 0 Å². The minimum Gasteiger partial charge on any atom is -0.494 e. The van der Waals surface area contributed by atoms with Gasteiger partial charge in [0.25, 0.3) is 0 Å². The first-order valence-electron chi connectivity index (χ1n) is 12.1. The van der Waals surface area contributed by atoms with E-state index in [9.17, 15) is 0 Å². The van der Waals surface area contributed by atoms with Crippen molar-refractivity contribution in [3.8, 4) is 5.75 Å². The summed E-state index contributed by atoms with van der Waals surface area (Å²) in [5.74, 6) is 0.899. The number of ether oxygens (including phenoxy) is 1. The van der Waals surface area contributed by atoms with Gasteiger partial charge in [0.15, 0.2) is 0 Å². The molecule has 0 saturated carbocycles. The number of anilines is 1. The lowest BCUT2D eigenvalue weighted by Crippen LogP contribution is -2.20. The first-order chi connectivity index (χ1) is 16.7. The molecule has 0 aromatic heterocycles. The molecule has 1 aliphatic heterocycles. The summed E-state index contributed by atoms with van der Waals surface area (Å²) in [7, 11) is 0. The van der Waals surface area contributed by atoms with Crippen molar-refractivity contribution in [3.63, 3.8) is 0 Å². The zero-order valence-corrected chi connectivity index (χ0v) is 20.7. The van der Waals surface area contributed by atoms with Crippen LogP contribution in [0.2, 0.25) is 5.02 Å². The zero-order chi connectivity index (χ0) is 23.8. The van der Waals surface area contributed by atoms with Gasteiger partial charge >= 0.3 is 0 Å². The standard InChI is InChI=1S/C29H32ClN3O/c1-3-5-7-14-22-19-23(34-4-2)17-18-27(22)32-33-29-25(24-15-10-11-16-26(24)30)20-31-28(29)21-12-8-6-9-13-21/h6,8-13,15-19,25,32H,3-5,7,14,20H2,1-2H3. The monoisotopic (exact) mass is 473 g/mol. The summed E-state index contributed by atoms with van der Waals surface area (Å²) in [5.41, 5.74) is 9.54. The molecule has 1 N–H and O–H groups in total. The molecule has 34 heavy (non-hydrogen) atoms. The Balaban J connectivity index is 1.68. The average molecular weight is 474 g/mol. The molecule has 0 fully saturated rings. The Morgan fingerprint density at radius 3 is 2.56 bits per heavy atom. The van der Waals surface area contributed by atoms with Crippen LogP contribution in [-0.2, 0) is 6.42 Å². The number of aryl methyl sites for hydroxylation is 1. The minimum absolute atomic E-state index is 0.00245. The van der Waals surface area contributed by atoms with E-state index in [1.54, 1.807) is 0 Å². The number of benzene rings is 3. The third kappa shape index (κ3) is 5.68. The molecule has 1 heterocycles. The molecule has 0 aliphatic carbocycles. The highest BCUT2D eigenvalue weighted by atomic mass is 35.5. The maximum Gasteiger partial charge on any atom is 0.119 e. The van der Waals surface area contributed by atoms with Gasteiger partial charge in [-0.05, 0) is 55.2 Å². The van der Waals surface area contributed by atoms with Gasteiger partial charge in [-0.15, -0.1) is 0 Å². The smallest absolute Gasteiger partial charge is 0.119 e. The molecule has 1 aliphatic rings. The molecule has 0 saturated heterocycles. The van der Waals surface area contributed by atoms with Crippen LogP contribution >= 0.6 is 11.6 Å². The van der Waals surface area contributed by atoms with Crippen molar-refractivity contribution in [2.75, 3.05) is 18.6 Å². The van der Waals surface area contributed by atoms with Crippen LogP contribution < -0.4 is 10.2 Å². The van der Waals surface area contributed by atoms with E-state index in [1.165, 1.54) is 18.4 Å². The normalized spacial score (nSPS) is 16.5. The van der Waals surface area contributed by atoms with Gasteiger partial charge in [0.05, 0.1) is 36.2 Å². The predicted octanol–water partition coefficient (Wildman–Crippen LogP) is 7.53. The van der Waals surface area contributed by atoms with Gasteiger partial charge in [0, 0.05) is 10.6 Å². The number of hydrazone groups is 1. The van der Waals surface area contributed by atoms with Crippen molar-refractivity contribution in [1.82, 2.24) is 0 Å². The van der Waals surface area contributed by atoms with E-state index in [1.807, 2.05) is 49.4 Å². The van der Waals surface area contributed by atoms with Gasteiger partial charge in [-0.2, -0.15) is 5.10 Å². The highest BCUT2D eigenvalue weighted by molar-refractivity contribution is 6.51. The van der Waals surface area contributed by atoms with Crippen molar-refractivity contribution >= 4 is 28.7 Å². The van der Waals surface area contributed by atoms with E-state index in [0.717, 1.165) is 51.9 Å². The fourth-order valence-electron chi connectivity index (χ4n) is 4.31. The van der Waals surface area contributed by atoms with E-state index >= 15 is 0 Å². The summed E-state index contributed by atoms with van der Waals surface area (Å²) in [5, 5.41) is 5.69. The van der Waals surface area contributed by atoms with E-state index in [4.69, 9.17) is 26.4 Å². The van der Waals surface area contributed by atoms with Crippen LogP contribution in [0, 0.1) is 0 Å². The van der Waals surface area contributed by atoms with Crippen LogP contribution in [0.1, 0.15) is 55.7 Å². The van der Waals surface area contributed by atoms with Gasteiger partial charge in [0.2, 0.25) is 0 Å². The maximum absolute atomic E-state index is 6.58. The van der Waals surface area contributed by atoms with Crippen molar-refractivity contribution < 1.29 is 4.74 Å². The first kappa shape index (κ1) is 24.0. The van der Waals surface area contributed by atoms with Gasteiger partial charge in [0.1, 0.15) is 5.75 Å². The second-order valence-electron chi connectivity index (χ2n) is 8.45. The molecule has 3 aromatic rings. The number of nitrogens with zero attached hydrogens (tertiary/aromatic N) is 2. The zero-order valence-electron chi connectivity index (χ0n) is 19.9. The van der Waals surface area contributed by atoms with Crippen molar-refractivity contribution in [2.45, 2.75) is 45.4 Å². The second kappa shape index (κ2) is 11.8. The van der Waals surface area contributed by atoms with E-state index < -0.39 is 0 Å². The van der Waals surface area contributed by atoms with Crippen LogP contribution in [0.15, 0.2) is 82.9 Å². The molecule has 1 atom stereocenters. The molecule has 3 aromatic carbocycles. The van der Waals surface area contributed by atoms with Crippen molar-refractivity contribution in [1.29, 1.82) is 0 Å². The molecule has 0 radical (unpaired) electrons. The minimum atomic E-state index is 0.00245. The molecule has 0 bridgehead atoms. The highest BCUT2D eigenvalue weighted by Crippen LogP contribution is 2.32. The van der Waals surface area contributed by atoms with Gasteiger partial charge in [-0.3, -0.25) is 10.4 Å². The first-order valence-corrected chi connectivity index (χ1v) is 12.5. The maximum atomic E-state index is 6.58. The van der Waals surface area contributed by atoms with Crippen LogP contribution in [-0.4, -0.2) is 24.6 Å². The Labute approximate surface area is 207 Å². The van der Waals surface area contributed by atoms with E-state index in [2.05, 4.69) is 42.7 Å². The molecular weight excluding hydrogens is 442 g/mol. The summed E-state index contributed by atoms with van der Waals surface area (Å²) >= 11 is 6.58. The molecule has 5 heteroatoms. The molecule has 0 spiro atoms. The summed E-state index contributed by atoms with van der Waals surface area (Å²) < 4.78 is 5.75. The van der Waals surface area contributed by atoms with Crippen LogP contribution in [0.4, 0.5) is 5.69 Å². The SMILES string of the molecule is CCCCCc1cc(OCC)ccc1NN=C1C(c2ccccc2)=NCC1c1ccccc1Cl. The van der Waals surface area contributed by atoms with E-state index in [-0.39, 0.29) is 5.92 Å². The largest absolute Gasteiger partial charge is 0.494 e. The Kier molecular flexibility index (Phi) is 8.37. The predicted molar refractivity (Wildman–Crippen MR) is 144 cm³/mol. The fraction of sp³-hybridized carbons (Fsp3) is 0.310. The summed E-state index contributed by atoms with van der Waals surface area (Å²) in [4.78, 5) is 4.89. The van der Waals surface area contributed by atoms with Gasteiger partial charge < -0.3 is 4.74 Å². The number of rotatable bonds is 10. The molecule has 4 rings (SSSR count). The topological polar surface area (TPSA) is 46.0 Å². The molecular formula is C29H32ClN3O. The lowest BCUT2D eigenvalue weighted by molar-refractivity contribution is 0.340. The molecule has 4 nitrogen and oxygen atoms in total. The van der Waals surface area contributed by atoms with Gasteiger partial charge in [-0.1, -0.05) is 79.9 Å². The number of hydrogen-bond donors (Lipinski definition) is 1. The second-order valence-corrected chi connectivity index (χ2v) is 8.85. The lowest BCUT2D eigenvalue weighted by atomic mass is 9.92. The van der Waals surface area contributed by atoms with Crippen LogP contribution in [0.25, 0.3) is 0 Å². The summed E-state index contributed by atoms with van der Waals surface area (Å²) in [6.45, 7) is 5.51. The molecule has 1 unspecified atom stereocenters. The van der Waals surface area contributed by atoms with Crippen molar-refractivity contribution in [3.05, 3.63) is 94.5 Å². The van der Waals surface area contributed by atoms with Crippen LogP contribution in [0.3, 0.4) is 0 Å². The third-order valence-corrected chi connectivity index (χ3v) is 6.41. The third-order valence-electron chi connectivity index (χ3n) is 6.07. The average Bonchev–Trinajstić information content (AvgIpc) is 3.28. The number of nitrogens with one attached hydrogen (secondary N) is 1. The number of halogens is 1. The summed E-state index contributed by atoms with van der Waals surface area (Å²) in [6.07, 6.45) is 4.50. The van der Waals surface area contributed by atoms with Crippen molar-refractivity contribution in [2.24, 2.45) is 10.1 Å². The number of aliphatic imine (C=N–C) groups is 1. The lowest BCUT2D eigenvalue weighted by Gasteiger charge is -2.16. The Bertz CT molecular complexity index is 1160. The Morgan fingerprint density at radius 2 is 1.79 bits per heavy atom. The quantitative estimate of drug-likeness (QED) is 0.244. The van der Waals surface area contributed by atoms with Crippen LogP contribution in [0.5, 0.6) is 5.75 Å². The number of hydrogen-bond acceptors (Lipinski definition) is 4. The fourth-order valence-corrected chi connectivity index (χ4v) is 4.58. The Hall–Kier alpha value is -3.11. The Morgan fingerprint density at radius 1 is 1.00 bits per heavy atom. The molecule has 176 valence electrons. The highest BCUT2D eigenvalue weighted by Gasteiger charge is 2.31. The molecule has 0 amide bonds. The summed E-state index contributed by atoms with van der Waals surface area (Å²) in [6, 6.07) is 24.4. The number of unbranched alkanes of at least 4 members (excludes halogenated alkanes) is 2. The van der Waals surface area contributed by atoms with E-state index in [0.29, 0.717) is 13.2 Å².